The second-order valence-electron chi connectivity index (χ2n) is 4.40. The van der Waals surface area contributed by atoms with Crippen LogP contribution in [0.5, 0.6) is 0 Å². The average molecular weight is 329 g/mol. The van der Waals surface area contributed by atoms with Gasteiger partial charge in [0.2, 0.25) is 5.91 Å². The summed E-state index contributed by atoms with van der Waals surface area (Å²) in [5.74, 6) is -0.117. The maximum Gasteiger partial charge on any atom is 0.238 e. The normalized spacial score (nSPS) is 10.8. The topological polar surface area (TPSA) is 32.3 Å². The van der Waals surface area contributed by atoms with Gasteiger partial charge in [0, 0.05) is 11.4 Å². The number of likely N-dealkylation sites (N-methyl/N-ethyl adjacent to an activating group) is 1. The molecule has 3 nitrogen and oxygen atoms in total. The van der Waals surface area contributed by atoms with E-state index in [1.165, 1.54) is 4.88 Å². The lowest BCUT2D eigenvalue weighted by Crippen LogP contribution is -2.29. The van der Waals surface area contributed by atoms with Gasteiger partial charge < -0.3 is 5.32 Å². The van der Waals surface area contributed by atoms with E-state index in [-0.39, 0.29) is 5.91 Å². The van der Waals surface area contributed by atoms with E-state index >= 15 is 0 Å². The van der Waals surface area contributed by atoms with Gasteiger partial charge in [-0.25, -0.2) is 0 Å². The van der Waals surface area contributed by atoms with Gasteiger partial charge in [-0.15, -0.1) is 11.3 Å². The summed E-state index contributed by atoms with van der Waals surface area (Å²) in [6.45, 7) is 1.04. The third-order valence-corrected chi connectivity index (χ3v) is 4.33. The molecule has 0 unspecified atom stereocenters. The average Bonchev–Trinajstić information content (AvgIpc) is 2.87. The lowest BCUT2D eigenvalue weighted by molar-refractivity contribution is -0.117. The summed E-state index contributed by atoms with van der Waals surface area (Å²) in [4.78, 5) is 15.1. The first-order chi connectivity index (χ1) is 9.56. The Balaban J connectivity index is 1.90. The molecule has 2 aromatic rings. The number of hydrogen-bond acceptors (Lipinski definition) is 3. The summed E-state index contributed by atoms with van der Waals surface area (Å²) >= 11 is 13.6. The van der Waals surface area contributed by atoms with Gasteiger partial charge >= 0.3 is 0 Å². The molecule has 0 saturated heterocycles. The number of anilines is 1. The molecule has 2 rings (SSSR count). The van der Waals surface area contributed by atoms with Crippen molar-refractivity contribution in [2.75, 3.05) is 18.9 Å². The smallest absolute Gasteiger partial charge is 0.238 e. The van der Waals surface area contributed by atoms with Crippen LogP contribution in [0.4, 0.5) is 5.69 Å². The predicted molar refractivity (Wildman–Crippen MR) is 85.7 cm³/mol. The number of thiophene rings is 1. The molecule has 0 saturated carbocycles. The van der Waals surface area contributed by atoms with Gasteiger partial charge in [-0.2, -0.15) is 0 Å². The lowest BCUT2D eigenvalue weighted by atomic mass is 10.3. The molecule has 6 heteroatoms. The standard InChI is InChI=1S/C14H14Cl2N2OS/c1-18(8-10-4-3-7-20-10)9-13(19)17-12-6-2-5-11(15)14(12)16/h2-7H,8-9H2,1H3,(H,17,19). The van der Waals surface area contributed by atoms with Gasteiger partial charge in [0.1, 0.15) is 0 Å². The second kappa shape index (κ2) is 7.09. The van der Waals surface area contributed by atoms with Gasteiger partial charge in [0.15, 0.2) is 0 Å². The highest BCUT2D eigenvalue weighted by Crippen LogP contribution is 2.29. The van der Waals surface area contributed by atoms with Gasteiger partial charge in [0.05, 0.1) is 22.3 Å². The molecule has 0 spiro atoms. The zero-order valence-corrected chi connectivity index (χ0v) is 13.2. The zero-order valence-electron chi connectivity index (χ0n) is 10.9. The molecule has 106 valence electrons. The van der Waals surface area contributed by atoms with Gasteiger partial charge in [-0.1, -0.05) is 35.3 Å². The molecule has 0 radical (unpaired) electrons. The molecule has 20 heavy (non-hydrogen) atoms. The van der Waals surface area contributed by atoms with E-state index in [1.54, 1.807) is 29.5 Å². The molecule has 0 aliphatic heterocycles. The van der Waals surface area contributed by atoms with Gasteiger partial charge in [0.25, 0.3) is 0 Å². The summed E-state index contributed by atoms with van der Waals surface area (Å²) in [7, 11) is 1.90. The van der Waals surface area contributed by atoms with Crippen molar-refractivity contribution in [3.8, 4) is 0 Å². The highest BCUT2D eigenvalue weighted by atomic mass is 35.5. The second-order valence-corrected chi connectivity index (χ2v) is 6.22. The minimum absolute atomic E-state index is 0.117. The van der Waals surface area contributed by atoms with Crippen LogP contribution in [0, 0.1) is 0 Å². The van der Waals surface area contributed by atoms with Crippen molar-refractivity contribution in [2.45, 2.75) is 6.54 Å². The van der Waals surface area contributed by atoms with Crippen molar-refractivity contribution in [1.82, 2.24) is 4.90 Å². The van der Waals surface area contributed by atoms with Crippen molar-refractivity contribution >= 4 is 46.1 Å². The Morgan fingerprint density at radius 3 is 2.80 bits per heavy atom. The van der Waals surface area contributed by atoms with Crippen LogP contribution in [0.15, 0.2) is 35.7 Å². The van der Waals surface area contributed by atoms with E-state index in [2.05, 4.69) is 5.32 Å². The Kier molecular flexibility index (Phi) is 5.43. The van der Waals surface area contributed by atoms with E-state index in [0.29, 0.717) is 22.3 Å². The first-order valence-electron chi connectivity index (χ1n) is 6.01. The van der Waals surface area contributed by atoms with Crippen molar-refractivity contribution in [3.63, 3.8) is 0 Å². The minimum Gasteiger partial charge on any atom is -0.324 e. The van der Waals surface area contributed by atoms with E-state index in [1.807, 2.05) is 29.5 Å². The van der Waals surface area contributed by atoms with Crippen LogP contribution in [0.1, 0.15) is 4.88 Å². The molecule has 0 fully saturated rings. The monoisotopic (exact) mass is 328 g/mol. The fourth-order valence-electron chi connectivity index (χ4n) is 1.76. The fourth-order valence-corrected chi connectivity index (χ4v) is 2.89. The molecule has 1 aromatic heterocycles. The summed E-state index contributed by atoms with van der Waals surface area (Å²) < 4.78 is 0. The summed E-state index contributed by atoms with van der Waals surface area (Å²) in [5, 5.41) is 5.58. The SMILES string of the molecule is CN(CC(=O)Nc1cccc(Cl)c1Cl)Cc1cccs1. The Labute approximate surface area is 132 Å². The molecular formula is C14H14Cl2N2OS. The van der Waals surface area contributed by atoms with Crippen LogP contribution < -0.4 is 5.32 Å². The van der Waals surface area contributed by atoms with Crippen molar-refractivity contribution < 1.29 is 4.79 Å². The van der Waals surface area contributed by atoms with E-state index < -0.39 is 0 Å². The molecule has 1 aromatic carbocycles. The number of halogens is 2. The molecule has 0 atom stereocenters. The van der Waals surface area contributed by atoms with Crippen LogP contribution in [0.25, 0.3) is 0 Å². The number of carbonyl (C=O) groups excluding carboxylic acids is 1. The number of amides is 1. The third kappa shape index (κ3) is 4.21. The Hall–Kier alpha value is -1.07. The number of benzene rings is 1. The Morgan fingerprint density at radius 2 is 2.10 bits per heavy atom. The van der Waals surface area contributed by atoms with Crippen LogP contribution in [0.2, 0.25) is 10.0 Å². The molecule has 0 aliphatic rings. The predicted octanol–water partition coefficient (Wildman–Crippen LogP) is 4.13. The van der Waals surface area contributed by atoms with Crippen molar-refractivity contribution in [1.29, 1.82) is 0 Å². The first kappa shape index (κ1) is 15.3. The Bertz CT molecular complexity index is 587. The fraction of sp³-hybridized carbons (Fsp3) is 0.214. The molecule has 1 amide bonds. The lowest BCUT2D eigenvalue weighted by Gasteiger charge is -2.15. The zero-order chi connectivity index (χ0) is 14.5. The summed E-state index contributed by atoms with van der Waals surface area (Å²) in [6, 6.07) is 9.21. The molecule has 1 N–H and O–H groups in total. The highest BCUT2D eigenvalue weighted by molar-refractivity contribution is 7.09. The van der Waals surface area contributed by atoms with Gasteiger partial charge in [-0.05, 0) is 30.6 Å². The Morgan fingerprint density at radius 1 is 1.30 bits per heavy atom. The largest absolute Gasteiger partial charge is 0.324 e. The number of nitrogens with zero attached hydrogens (tertiary/aromatic N) is 1. The summed E-state index contributed by atoms with van der Waals surface area (Å²) in [5.41, 5.74) is 0.536. The summed E-state index contributed by atoms with van der Waals surface area (Å²) in [6.07, 6.45) is 0. The number of rotatable bonds is 5. The third-order valence-electron chi connectivity index (χ3n) is 2.65. The molecule has 0 bridgehead atoms. The number of nitrogens with one attached hydrogen (secondary N) is 1. The molecular weight excluding hydrogens is 315 g/mol. The minimum atomic E-state index is -0.117. The first-order valence-corrected chi connectivity index (χ1v) is 7.64. The maximum absolute atomic E-state index is 12.0. The molecule has 0 aliphatic carbocycles. The van der Waals surface area contributed by atoms with Crippen molar-refractivity contribution in [3.05, 3.63) is 50.6 Å². The van der Waals surface area contributed by atoms with E-state index in [9.17, 15) is 4.79 Å². The van der Waals surface area contributed by atoms with Crippen LogP contribution >= 0.6 is 34.5 Å². The number of carbonyl (C=O) groups is 1. The quantitative estimate of drug-likeness (QED) is 0.895. The maximum atomic E-state index is 12.0. The van der Waals surface area contributed by atoms with Crippen LogP contribution in [-0.4, -0.2) is 24.4 Å². The van der Waals surface area contributed by atoms with Crippen LogP contribution in [-0.2, 0) is 11.3 Å². The van der Waals surface area contributed by atoms with Crippen LogP contribution in [0.3, 0.4) is 0 Å². The highest BCUT2D eigenvalue weighted by Gasteiger charge is 2.11. The van der Waals surface area contributed by atoms with E-state index in [4.69, 9.17) is 23.2 Å². The van der Waals surface area contributed by atoms with E-state index in [0.717, 1.165) is 6.54 Å². The van der Waals surface area contributed by atoms with Crippen molar-refractivity contribution in [2.24, 2.45) is 0 Å². The number of hydrogen-bond donors (Lipinski definition) is 1. The molecule has 1 heterocycles. The van der Waals surface area contributed by atoms with Gasteiger partial charge in [-0.3, -0.25) is 9.69 Å².